The fourth-order valence-electron chi connectivity index (χ4n) is 3.41. The van der Waals surface area contributed by atoms with Gasteiger partial charge in [-0.25, -0.2) is 0 Å². The summed E-state index contributed by atoms with van der Waals surface area (Å²) in [5.41, 5.74) is 12.2. The molecule has 0 amide bonds. The first-order valence-electron chi connectivity index (χ1n) is 7.51. The molecule has 2 nitrogen and oxygen atoms in total. The lowest BCUT2D eigenvalue weighted by atomic mass is 9.90. The fraction of sp³-hybridized carbons (Fsp3) is 0.368. The first kappa shape index (κ1) is 15.7. The van der Waals surface area contributed by atoms with E-state index in [-0.39, 0.29) is 6.04 Å². The number of nitrogens with one attached hydrogen (secondary N) is 1. The Balaban J connectivity index is 2.36. The van der Waals surface area contributed by atoms with E-state index in [0.29, 0.717) is 0 Å². The van der Waals surface area contributed by atoms with Gasteiger partial charge in [0.05, 0.1) is 6.04 Å². The minimum absolute atomic E-state index is 0.145. The maximum Gasteiger partial charge on any atom is 0.0505 e. The summed E-state index contributed by atoms with van der Waals surface area (Å²) in [6.45, 7) is 10.8. The Kier molecular flexibility index (Phi) is 4.81. The van der Waals surface area contributed by atoms with Gasteiger partial charge < -0.3 is 0 Å². The molecule has 0 radical (unpaired) electrons. The zero-order chi connectivity index (χ0) is 15.6. The molecule has 0 aliphatic heterocycles. The normalized spacial score (nSPS) is 12.5. The topological polar surface area (TPSA) is 38.0 Å². The molecule has 0 fully saturated rings. The van der Waals surface area contributed by atoms with E-state index in [4.69, 9.17) is 5.84 Å². The van der Waals surface area contributed by atoms with E-state index in [1.807, 2.05) is 0 Å². The van der Waals surface area contributed by atoms with Crippen LogP contribution in [-0.4, -0.2) is 0 Å². The molecular formula is C19H26N2. The van der Waals surface area contributed by atoms with Crippen molar-refractivity contribution in [2.45, 2.75) is 47.1 Å². The maximum absolute atomic E-state index is 5.85. The first-order chi connectivity index (χ1) is 9.90. The average Bonchev–Trinajstić information content (AvgIpc) is 2.35. The molecule has 0 heterocycles. The molecule has 0 aromatic heterocycles. The van der Waals surface area contributed by atoms with Crippen molar-refractivity contribution >= 4 is 0 Å². The minimum atomic E-state index is 0.145. The van der Waals surface area contributed by atoms with Crippen LogP contribution < -0.4 is 11.3 Å². The van der Waals surface area contributed by atoms with Crippen molar-refractivity contribution < 1.29 is 0 Å². The van der Waals surface area contributed by atoms with E-state index in [9.17, 15) is 0 Å². The van der Waals surface area contributed by atoms with Crippen LogP contribution in [0.25, 0.3) is 0 Å². The van der Waals surface area contributed by atoms with Gasteiger partial charge in [-0.05, 0) is 63.3 Å². The standard InChI is InChI=1S/C19H26N2/c1-12-6-13(2)10-17(9-12)11-18(21-20)19-15(4)7-14(3)8-16(19)5/h6-10,18,21H,11,20H2,1-5H3. The molecule has 1 atom stereocenters. The number of rotatable bonds is 4. The van der Waals surface area contributed by atoms with Crippen LogP contribution >= 0.6 is 0 Å². The summed E-state index contributed by atoms with van der Waals surface area (Å²) in [6.07, 6.45) is 0.907. The Morgan fingerprint density at radius 1 is 0.810 bits per heavy atom. The maximum atomic E-state index is 5.85. The number of benzene rings is 2. The lowest BCUT2D eigenvalue weighted by Gasteiger charge is -2.22. The van der Waals surface area contributed by atoms with Crippen LogP contribution in [0.5, 0.6) is 0 Å². The van der Waals surface area contributed by atoms with Crippen molar-refractivity contribution in [2.24, 2.45) is 5.84 Å². The molecule has 0 aliphatic rings. The van der Waals surface area contributed by atoms with Crippen molar-refractivity contribution in [1.29, 1.82) is 0 Å². The molecule has 1 unspecified atom stereocenters. The van der Waals surface area contributed by atoms with Gasteiger partial charge in [0.25, 0.3) is 0 Å². The predicted molar refractivity (Wildman–Crippen MR) is 90.3 cm³/mol. The largest absolute Gasteiger partial charge is 0.271 e. The third kappa shape index (κ3) is 3.72. The second kappa shape index (κ2) is 6.42. The fourth-order valence-corrected chi connectivity index (χ4v) is 3.41. The van der Waals surface area contributed by atoms with Crippen molar-refractivity contribution in [3.63, 3.8) is 0 Å². The van der Waals surface area contributed by atoms with Crippen molar-refractivity contribution in [3.8, 4) is 0 Å². The Bertz CT molecular complexity index is 601. The highest BCUT2D eigenvalue weighted by Gasteiger charge is 2.16. The summed E-state index contributed by atoms with van der Waals surface area (Å²) in [5.74, 6) is 5.85. The average molecular weight is 282 g/mol. The third-order valence-electron chi connectivity index (χ3n) is 4.01. The van der Waals surface area contributed by atoms with E-state index in [1.54, 1.807) is 0 Å². The van der Waals surface area contributed by atoms with Crippen LogP contribution in [-0.2, 0) is 6.42 Å². The molecule has 2 aromatic rings. The van der Waals surface area contributed by atoms with Gasteiger partial charge in [0, 0.05) is 0 Å². The van der Waals surface area contributed by atoms with E-state index in [1.165, 1.54) is 38.9 Å². The zero-order valence-electron chi connectivity index (χ0n) is 13.7. The molecule has 0 spiro atoms. The van der Waals surface area contributed by atoms with Crippen LogP contribution in [0.1, 0.15) is 45.0 Å². The van der Waals surface area contributed by atoms with Crippen LogP contribution in [0, 0.1) is 34.6 Å². The van der Waals surface area contributed by atoms with Gasteiger partial charge in [-0.1, -0.05) is 47.0 Å². The number of hydrogen-bond donors (Lipinski definition) is 2. The molecule has 2 heteroatoms. The molecule has 0 saturated carbocycles. The van der Waals surface area contributed by atoms with Gasteiger partial charge >= 0.3 is 0 Å². The van der Waals surface area contributed by atoms with E-state index in [2.05, 4.69) is 70.4 Å². The molecule has 3 N–H and O–H groups in total. The molecular weight excluding hydrogens is 256 g/mol. The zero-order valence-corrected chi connectivity index (χ0v) is 13.7. The van der Waals surface area contributed by atoms with E-state index < -0.39 is 0 Å². The van der Waals surface area contributed by atoms with Gasteiger partial charge in [-0.2, -0.15) is 0 Å². The van der Waals surface area contributed by atoms with Crippen molar-refractivity contribution in [3.05, 3.63) is 69.3 Å². The van der Waals surface area contributed by atoms with Gasteiger partial charge in [0.2, 0.25) is 0 Å². The first-order valence-corrected chi connectivity index (χ1v) is 7.51. The molecule has 2 aromatic carbocycles. The lowest BCUT2D eigenvalue weighted by molar-refractivity contribution is 0.546. The van der Waals surface area contributed by atoms with Gasteiger partial charge in [0.1, 0.15) is 0 Å². The second-order valence-corrected chi connectivity index (χ2v) is 6.23. The van der Waals surface area contributed by atoms with Gasteiger partial charge in [0.15, 0.2) is 0 Å². The number of hydrogen-bond acceptors (Lipinski definition) is 2. The van der Waals surface area contributed by atoms with Crippen LogP contribution in [0.2, 0.25) is 0 Å². The summed E-state index contributed by atoms with van der Waals surface area (Å²) in [7, 11) is 0. The van der Waals surface area contributed by atoms with Crippen LogP contribution in [0.3, 0.4) is 0 Å². The summed E-state index contributed by atoms with van der Waals surface area (Å²) >= 11 is 0. The summed E-state index contributed by atoms with van der Waals surface area (Å²) in [6, 6.07) is 11.3. The Hall–Kier alpha value is -1.64. The minimum Gasteiger partial charge on any atom is -0.271 e. The Morgan fingerprint density at radius 3 is 1.76 bits per heavy atom. The van der Waals surface area contributed by atoms with E-state index >= 15 is 0 Å². The smallest absolute Gasteiger partial charge is 0.0505 e. The number of aryl methyl sites for hydroxylation is 5. The highest BCUT2D eigenvalue weighted by atomic mass is 15.2. The molecule has 21 heavy (non-hydrogen) atoms. The Morgan fingerprint density at radius 2 is 1.29 bits per heavy atom. The number of nitrogens with two attached hydrogens (primary N) is 1. The van der Waals surface area contributed by atoms with Crippen molar-refractivity contribution in [2.75, 3.05) is 0 Å². The molecule has 2 rings (SSSR count). The molecule has 0 aliphatic carbocycles. The van der Waals surface area contributed by atoms with E-state index in [0.717, 1.165) is 6.42 Å². The summed E-state index contributed by atoms with van der Waals surface area (Å²) in [4.78, 5) is 0. The third-order valence-corrected chi connectivity index (χ3v) is 4.01. The molecule has 0 saturated heterocycles. The van der Waals surface area contributed by atoms with Crippen LogP contribution in [0.4, 0.5) is 0 Å². The molecule has 0 bridgehead atoms. The summed E-state index contributed by atoms with van der Waals surface area (Å²) < 4.78 is 0. The second-order valence-electron chi connectivity index (χ2n) is 6.23. The Labute approximate surface area is 128 Å². The predicted octanol–water partition coefficient (Wildman–Crippen LogP) is 3.98. The van der Waals surface area contributed by atoms with Crippen LogP contribution in [0.15, 0.2) is 30.3 Å². The highest BCUT2D eigenvalue weighted by Crippen LogP contribution is 2.26. The van der Waals surface area contributed by atoms with Gasteiger partial charge in [-0.3, -0.25) is 11.3 Å². The number of hydrazine groups is 1. The van der Waals surface area contributed by atoms with Gasteiger partial charge in [-0.15, -0.1) is 0 Å². The SMILES string of the molecule is Cc1cc(C)cc(CC(NN)c2c(C)cc(C)cc2C)c1. The highest BCUT2D eigenvalue weighted by molar-refractivity contribution is 5.41. The quantitative estimate of drug-likeness (QED) is 0.657. The lowest BCUT2D eigenvalue weighted by Crippen LogP contribution is -2.30. The molecule has 112 valence electrons. The monoisotopic (exact) mass is 282 g/mol. The summed E-state index contributed by atoms with van der Waals surface area (Å²) in [5, 5.41) is 0. The van der Waals surface area contributed by atoms with Crippen molar-refractivity contribution in [1.82, 2.24) is 5.43 Å².